The number of rotatable bonds is 8. The molecule has 41 heavy (non-hydrogen) atoms. The summed E-state index contributed by atoms with van der Waals surface area (Å²) in [5.41, 5.74) is 5.99. The molecule has 14 nitrogen and oxygen atoms in total. The third-order valence-electron chi connectivity index (χ3n) is 7.01. The van der Waals surface area contributed by atoms with Gasteiger partial charge in [0.1, 0.15) is 30.4 Å². The number of amides is 3. The van der Waals surface area contributed by atoms with Crippen molar-refractivity contribution < 1.29 is 29.3 Å². The van der Waals surface area contributed by atoms with E-state index in [0.29, 0.717) is 31.2 Å². The number of anilines is 1. The Hall–Kier alpha value is -4.11. The summed E-state index contributed by atoms with van der Waals surface area (Å²) in [5.74, 6) is -1.53. The molecule has 5 atom stereocenters. The van der Waals surface area contributed by atoms with Crippen LogP contribution in [0.25, 0.3) is 0 Å². The Kier molecular flexibility index (Phi) is 8.44. The minimum absolute atomic E-state index is 0.199. The minimum Gasteiger partial charge on any atom is -0.387 e. The van der Waals surface area contributed by atoms with E-state index in [1.54, 1.807) is 17.2 Å². The molecule has 1 aromatic carbocycles. The average molecular weight is 585 g/mol. The lowest BCUT2D eigenvalue weighted by molar-refractivity contribution is -0.143. The van der Waals surface area contributed by atoms with E-state index in [0.717, 1.165) is 22.4 Å². The van der Waals surface area contributed by atoms with Gasteiger partial charge >= 0.3 is 0 Å². The van der Waals surface area contributed by atoms with E-state index in [1.165, 1.54) is 0 Å². The predicted octanol–water partition coefficient (Wildman–Crippen LogP) is -0.879. The molecule has 5 rings (SSSR count). The Balaban J connectivity index is 1.28. The lowest BCUT2D eigenvalue weighted by Crippen LogP contribution is -2.57. The highest BCUT2D eigenvalue weighted by atomic mass is 35.5. The zero-order valence-electron chi connectivity index (χ0n) is 21.8. The van der Waals surface area contributed by atoms with Gasteiger partial charge < -0.3 is 35.8 Å². The van der Waals surface area contributed by atoms with Crippen LogP contribution in [0.15, 0.2) is 55.0 Å². The molecular formula is C26H29ClN8O6. The number of aliphatic hydroxyl groups is 2. The van der Waals surface area contributed by atoms with E-state index < -0.39 is 42.4 Å². The van der Waals surface area contributed by atoms with E-state index in [4.69, 9.17) is 22.1 Å². The highest BCUT2D eigenvalue weighted by molar-refractivity contribution is 6.30. The first kappa shape index (κ1) is 28.4. The van der Waals surface area contributed by atoms with Gasteiger partial charge in [0.05, 0.1) is 5.02 Å². The topological polar surface area (TPSA) is 189 Å². The molecule has 216 valence electrons. The third-order valence-corrected chi connectivity index (χ3v) is 7.23. The van der Waals surface area contributed by atoms with Gasteiger partial charge in [0.25, 0.3) is 11.8 Å². The number of nitrogens with two attached hydrogens (primary N) is 1. The van der Waals surface area contributed by atoms with Gasteiger partial charge in [0, 0.05) is 38.8 Å². The molecule has 0 bridgehead atoms. The van der Waals surface area contributed by atoms with Gasteiger partial charge in [0.2, 0.25) is 11.7 Å². The number of piperazine rings is 1. The molecule has 2 aromatic heterocycles. The Labute approximate surface area is 239 Å². The van der Waals surface area contributed by atoms with Crippen LogP contribution >= 0.6 is 11.6 Å². The maximum Gasteiger partial charge on any atom is 0.288 e. The number of hydrogen-bond acceptors (Lipinski definition) is 10. The van der Waals surface area contributed by atoms with E-state index in [2.05, 4.69) is 20.4 Å². The second kappa shape index (κ2) is 12.2. The SMILES string of the molecule is NC(=O)c1ncn([C@@H]2O[C@H](C(=O)N[C@H](Cc3ccccc3)C(=O)N3CCN(c4ccc(Cl)cn4)CC3)[C@@H](O)[C@H]2O)n1. The zero-order chi connectivity index (χ0) is 29.1. The summed E-state index contributed by atoms with van der Waals surface area (Å²) >= 11 is 5.94. The van der Waals surface area contributed by atoms with Crippen molar-refractivity contribution in [2.75, 3.05) is 31.1 Å². The van der Waals surface area contributed by atoms with E-state index in [-0.39, 0.29) is 18.2 Å². The monoisotopic (exact) mass is 584 g/mol. The molecule has 3 amide bonds. The highest BCUT2D eigenvalue weighted by Crippen LogP contribution is 2.29. The quantitative estimate of drug-likeness (QED) is 0.259. The number of pyridine rings is 1. The van der Waals surface area contributed by atoms with Gasteiger partial charge in [-0.2, -0.15) is 0 Å². The Morgan fingerprint density at radius 1 is 1.05 bits per heavy atom. The van der Waals surface area contributed by atoms with Crippen LogP contribution in [-0.4, -0.2) is 103 Å². The smallest absolute Gasteiger partial charge is 0.288 e. The van der Waals surface area contributed by atoms with Crippen molar-refractivity contribution in [2.45, 2.75) is 37.0 Å². The van der Waals surface area contributed by atoms with Crippen molar-refractivity contribution in [3.63, 3.8) is 0 Å². The van der Waals surface area contributed by atoms with Gasteiger partial charge in [-0.15, -0.1) is 5.10 Å². The highest BCUT2D eigenvalue weighted by Gasteiger charge is 2.48. The summed E-state index contributed by atoms with van der Waals surface area (Å²) in [7, 11) is 0. The second-order valence-corrected chi connectivity index (χ2v) is 10.2. The molecule has 0 saturated carbocycles. The normalized spacial score (nSPS) is 23.3. The molecule has 15 heteroatoms. The molecule has 0 spiro atoms. The third kappa shape index (κ3) is 6.30. The summed E-state index contributed by atoms with van der Waals surface area (Å²) in [6.45, 7) is 1.88. The van der Waals surface area contributed by atoms with Gasteiger partial charge in [-0.05, 0) is 17.7 Å². The summed E-state index contributed by atoms with van der Waals surface area (Å²) in [6, 6.07) is 11.8. The fourth-order valence-corrected chi connectivity index (χ4v) is 4.95. The number of halogens is 1. The van der Waals surface area contributed by atoms with Crippen LogP contribution in [-0.2, 0) is 20.7 Å². The number of benzene rings is 1. The minimum atomic E-state index is -1.64. The van der Waals surface area contributed by atoms with Crippen LogP contribution in [0.4, 0.5) is 5.82 Å². The molecule has 2 fully saturated rings. The number of ether oxygens (including phenoxy) is 1. The van der Waals surface area contributed by atoms with E-state index >= 15 is 0 Å². The summed E-state index contributed by atoms with van der Waals surface area (Å²) < 4.78 is 6.63. The summed E-state index contributed by atoms with van der Waals surface area (Å²) in [5, 5.41) is 28.2. The number of carbonyl (C=O) groups excluding carboxylic acids is 3. The van der Waals surface area contributed by atoms with Crippen molar-refractivity contribution in [3.05, 3.63) is 71.4 Å². The van der Waals surface area contributed by atoms with Crippen LogP contribution in [0.3, 0.4) is 0 Å². The standard InChI is InChI=1S/C26H29ClN8O6/c27-16-6-7-18(29-13-16)33-8-10-34(11-9-33)25(40)17(12-15-4-2-1-3-5-15)31-24(39)21-19(36)20(37)26(41-21)35-14-30-23(32-35)22(28)38/h1-7,13-14,17,19-21,26,36-37H,8-12H2,(H2,28,38)(H,31,39)/t17-,19+,20-,21+,26-/m1/s1. The first-order valence-electron chi connectivity index (χ1n) is 12.9. The van der Waals surface area contributed by atoms with Crippen molar-refractivity contribution in [1.29, 1.82) is 0 Å². The molecule has 0 radical (unpaired) electrons. The first-order chi connectivity index (χ1) is 19.7. The Morgan fingerprint density at radius 2 is 1.78 bits per heavy atom. The van der Waals surface area contributed by atoms with Crippen molar-refractivity contribution in [3.8, 4) is 0 Å². The molecule has 2 saturated heterocycles. The zero-order valence-corrected chi connectivity index (χ0v) is 22.5. The van der Waals surface area contributed by atoms with Gasteiger partial charge in [-0.25, -0.2) is 14.6 Å². The van der Waals surface area contributed by atoms with Crippen LogP contribution < -0.4 is 16.0 Å². The maximum absolute atomic E-state index is 13.7. The van der Waals surface area contributed by atoms with Crippen LogP contribution in [0.2, 0.25) is 5.02 Å². The summed E-state index contributed by atoms with van der Waals surface area (Å²) in [4.78, 5) is 50.1. The van der Waals surface area contributed by atoms with Crippen molar-refractivity contribution >= 4 is 35.1 Å². The first-order valence-corrected chi connectivity index (χ1v) is 13.3. The lowest BCUT2D eigenvalue weighted by atomic mass is 10.0. The number of aromatic nitrogens is 4. The Morgan fingerprint density at radius 3 is 2.41 bits per heavy atom. The van der Waals surface area contributed by atoms with Crippen molar-refractivity contribution in [1.82, 2.24) is 30.0 Å². The number of hydrogen-bond donors (Lipinski definition) is 4. The second-order valence-electron chi connectivity index (χ2n) is 9.74. The predicted molar refractivity (Wildman–Crippen MR) is 145 cm³/mol. The molecular weight excluding hydrogens is 556 g/mol. The molecule has 2 aliphatic rings. The molecule has 2 aliphatic heterocycles. The number of primary amides is 1. The lowest BCUT2D eigenvalue weighted by Gasteiger charge is -2.37. The van der Waals surface area contributed by atoms with Crippen molar-refractivity contribution in [2.24, 2.45) is 5.73 Å². The van der Waals surface area contributed by atoms with Gasteiger partial charge in [-0.1, -0.05) is 41.9 Å². The molecule has 3 aromatic rings. The van der Waals surface area contributed by atoms with Gasteiger partial charge in [-0.3, -0.25) is 14.4 Å². The average Bonchev–Trinajstić information content (AvgIpc) is 3.58. The van der Waals surface area contributed by atoms with E-state index in [1.807, 2.05) is 41.3 Å². The largest absolute Gasteiger partial charge is 0.387 e. The fourth-order valence-electron chi connectivity index (χ4n) is 4.84. The van der Waals surface area contributed by atoms with Crippen LogP contribution in [0, 0.1) is 0 Å². The summed E-state index contributed by atoms with van der Waals surface area (Å²) in [6.07, 6.45) is -3.16. The van der Waals surface area contributed by atoms with Crippen LogP contribution in [0.5, 0.6) is 0 Å². The number of nitrogens with one attached hydrogen (secondary N) is 1. The fraction of sp³-hybridized carbons (Fsp3) is 0.385. The Bertz CT molecular complexity index is 1380. The molecule has 0 unspecified atom stereocenters. The maximum atomic E-state index is 13.7. The number of nitrogens with zero attached hydrogens (tertiary/aromatic N) is 6. The molecule has 4 heterocycles. The molecule has 5 N–H and O–H groups in total. The number of aliphatic hydroxyl groups excluding tert-OH is 2. The van der Waals surface area contributed by atoms with Gasteiger partial charge in [0.15, 0.2) is 12.3 Å². The number of carbonyl (C=O) groups is 3. The molecule has 0 aliphatic carbocycles. The van der Waals surface area contributed by atoms with Crippen LogP contribution in [0.1, 0.15) is 22.4 Å². The van der Waals surface area contributed by atoms with E-state index in [9.17, 15) is 24.6 Å².